The van der Waals surface area contributed by atoms with Crippen LogP contribution in [0.5, 0.6) is 0 Å². The standard InChI is InChI=1S/C23H39NO3/c1-17-13-14-18(2)21(25)24(7)15-11-9-8-10-12-19(3)22(26)27-20(16-17)23(4,5)6/h8-9,11,15,17-20H,10,12-14,16H2,1-7H3. The van der Waals surface area contributed by atoms with Crippen LogP contribution < -0.4 is 0 Å². The van der Waals surface area contributed by atoms with Crippen LogP contribution in [0.4, 0.5) is 0 Å². The Balaban J connectivity index is 2.94. The Hall–Kier alpha value is -1.58. The maximum Gasteiger partial charge on any atom is 0.308 e. The summed E-state index contributed by atoms with van der Waals surface area (Å²) in [5.74, 6) is 0.309. The molecule has 0 radical (unpaired) electrons. The van der Waals surface area contributed by atoms with Gasteiger partial charge < -0.3 is 9.64 Å². The molecule has 1 rings (SSSR count). The molecule has 0 saturated carbocycles. The second-order valence-electron chi connectivity index (χ2n) is 9.31. The minimum Gasteiger partial charge on any atom is -0.462 e. The second kappa shape index (κ2) is 10.7. The first-order chi connectivity index (χ1) is 12.5. The van der Waals surface area contributed by atoms with Crippen molar-refractivity contribution in [3.8, 4) is 0 Å². The SMILES string of the molecule is CC1CCC(C)C(=O)N(C)C=CC=CCCC(C)C(=O)OC(C(C)(C)C)C1. The van der Waals surface area contributed by atoms with Crippen LogP contribution in [0.3, 0.4) is 0 Å². The largest absolute Gasteiger partial charge is 0.462 e. The van der Waals surface area contributed by atoms with E-state index in [1.807, 2.05) is 45.3 Å². The number of cyclic esters (lactones) is 1. The van der Waals surface area contributed by atoms with Crippen molar-refractivity contribution in [1.82, 2.24) is 4.90 Å². The van der Waals surface area contributed by atoms with Gasteiger partial charge in [-0.25, -0.2) is 0 Å². The number of allylic oxidation sites excluding steroid dienone is 3. The summed E-state index contributed by atoms with van der Waals surface area (Å²) in [6, 6.07) is 0. The van der Waals surface area contributed by atoms with Crippen molar-refractivity contribution in [2.45, 2.75) is 79.8 Å². The van der Waals surface area contributed by atoms with E-state index in [0.717, 1.165) is 32.1 Å². The summed E-state index contributed by atoms with van der Waals surface area (Å²) < 4.78 is 5.94. The molecule has 1 aliphatic heterocycles. The van der Waals surface area contributed by atoms with Gasteiger partial charge in [0.25, 0.3) is 0 Å². The number of carbonyl (C=O) groups is 2. The van der Waals surface area contributed by atoms with E-state index < -0.39 is 0 Å². The number of amides is 1. The second-order valence-corrected chi connectivity index (χ2v) is 9.31. The number of esters is 1. The summed E-state index contributed by atoms with van der Waals surface area (Å²) in [5.41, 5.74) is -0.0992. The molecule has 0 saturated heterocycles. The normalized spacial score (nSPS) is 30.1. The molecule has 1 aliphatic rings. The van der Waals surface area contributed by atoms with E-state index in [-0.39, 0.29) is 35.2 Å². The van der Waals surface area contributed by atoms with Crippen molar-refractivity contribution >= 4 is 11.9 Å². The van der Waals surface area contributed by atoms with E-state index in [9.17, 15) is 9.59 Å². The minimum atomic E-state index is -0.112. The molecule has 27 heavy (non-hydrogen) atoms. The van der Waals surface area contributed by atoms with Crippen LogP contribution in [0, 0.1) is 23.2 Å². The fourth-order valence-electron chi connectivity index (χ4n) is 3.21. The van der Waals surface area contributed by atoms with Gasteiger partial charge in [0.15, 0.2) is 0 Å². The van der Waals surface area contributed by atoms with Gasteiger partial charge in [-0.05, 0) is 49.5 Å². The van der Waals surface area contributed by atoms with Gasteiger partial charge in [0.05, 0.1) is 5.92 Å². The number of nitrogens with zero attached hydrogens (tertiary/aromatic N) is 1. The average molecular weight is 378 g/mol. The molecule has 0 aromatic carbocycles. The topological polar surface area (TPSA) is 46.6 Å². The van der Waals surface area contributed by atoms with E-state index in [1.54, 1.807) is 4.90 Å². The van der Waals surface area contributed by atoms with Crippen molar-refractivity contribution in [2.24, 2.45) is 23.2 Å². The van der Waals surface area contributed by atoms with E-state index in [4.69, 9.17) is 4.74 Å². The van der Waals surface area contributed by atoms with E-state index in [2.05, 4.69) is 27.7 Å². The Morgan fingerprint density at radius 1 is 1.00 bits per heavy atom. The molecule has 1 amide bonds. The fourth-order valence-corrected chi connectivity index (χ4v) is 3.21. The van der Waals surface area contributed by atoms with Gasteiger partial charge in [-0.15, -0.1) is 0 Å². The molecule has 4 atom stereocenters. The van der Waals surface area contributed by atoms with E-state index >= 15 is 0 Å². The first-order valence-electron chi connectivity index (χ1n) is 10.3. The van der Waals surface area contributed by atoms with Gasteiger partial charge in [-0.3, -0.25) is 9.59 Å². The van der Waals surface area contributed by atoms with Crippen LogP contribution in [0.15, 0.2) is 24.4 Å². The summed E-state index contributed by atoms with van der Waals surface area (Å²) in [4.78, 5) is 26.7. The van der Waals surface area contributed by atoms with E-state index in [1.165, 1.54) is 0 Å². The highest BCUT2D eigenvalue weighted by Crippen LogP contribution is 2.31. The molecule has 0 bridgehead atoms. The average Bonchev–Trinajstić information content (AvgIpc) is 2.59. The minimum absolute atomic E-state index is 0.0163. The molecule has 4 heteroatoms. The lowest BCUT2D eigenvalue weighted by atomic mass is 9.82. The zero-order valence-corrected chi connectivity index (χ0v) is 18.3. The molecular formula is C23H39NO3. The Labute approximate surface area is 166 Å². The van der Waals surface area contributed by atoms with Crippen molar-refractivity contribution in [1.29, 1.82) is 0 Å². The van der Waals surface area contributed by atoms with Crippen LogP contribution >= 0.6 is 0 Å². The van der Waals surface area contributed by atoms with Crippen LogP contribution in [0.2, 0.25) is 0 Å². The van der Waals surface area contributed by atoms with Crippen LogP contribution in [0.25, 0.3) is 0 Å². The third-order valence-electron chi connectivity index (χ3n) is 5.43. The third-order valence-corrected chi connectivity index (χ3v) is 5.43. The monoisotopic (exact) mass is 377 g/mol. The van der Waals surface area contributed by atoms with Crippen molar-refractivity contribution in [3.63, 3.8) is 0 Å². The summed E-state index contributed by atoms with van der Waals surface area (Å²) in [6.45, 7) is 12.5. The molecule has 154 valence electrons. The predicted molar refractivity (Wildman–Crippen MR) is 111 cm³/mol. The number of carbonyl (C=O) groups excluding carboxylic acids is 2. The zero-order valence-electron chi connectivity index (χ0n) is 18.3. The fraction of sp³-hybridized carbons (Fsp3) is 0.739. The molecular weight excluding hydrogens is 338 g/mol. The lowest BCUT2D eigenvalue weighted by Crippen LogP contribution is -2.35. The van der Waals surface area contributed by atoms with Crippen molar-refractivity contribution in [3.05, 3.63) is 24.4 Å². The summed E-state index contributed by atoms with van der Waals surface area (Å²) >= 11 is 0. The molecule has 0 N–H and O–H groups in total. The Morgan fingerprint density at radius 2 is 1.67 bits per heavy atom. The molecule has 0 aliphatic carbocycles. The Morgan fingerprint density at radius 3 is 2.30 bits per heavy atom. The van der Waals surface area contributed by atoms with Gasteiger partial charge >= 0.3 is 5.97 Å². The number of hydrogen-bond donors (Lipinski definition) is 0. The molecule has 1 heterocycles. The van der Waals surface area contributed by atoms with Gasteiger partial charge in [0.1, 0.15) is 6.10 Å². The highest BCUT2D eigenvalue weighted by atomic mass is 16.5. The molecule has 0 aromatic heterocycles. The summed E-state index contributed by atoms with van der Waals surface area (Å²) in [7, 11) is 1.81. The molecule has 0 aromatic rings. The molecule has 4 nitrogen and oxygen atoms in total. The highest BCUT2D eigenvalue weighted by Gasteiger charge is 2.31. The number of ether oxygens (including phenoxy) is 1. The van der Waals surface area contributed by atoms with Crippen LogP contribution in [-0.4, -0.2) is 29.9 Å². The lowest BCUT2D eigenvalue weighted by Gasteiger charge is -2.33. The van der Waals surface area contributed by atoms with Gasteiger partial charge in [0, 0.05) is 19.2 Å². The van der Waals surface area contributed by atoms with Gasteiger partial charge in [-0.1, -0.05) is 53.7 Å². The quantitative estimate of drug-likeness (QED) is 0.535. The zero-order chi connectivity index (χ0) is 20.6. The number of rotatable bonds is 0. The third kappa shape index (κ3) is 8.32. The summed E-state index contributed by atoms with van der Waals surface area (Å²) in [6.07, 6.45) is 11.7. The predicted octanol–water partition coefficient (Wildman–Crippen LogP) is 5.35. The Kier molecular flexibility index (Phi) is 9.28. The maximum atomic E-state index is 12.6. The van der Waals surface area contributed by atoms with Crippen molar-refractivity contribution < 1.29 is 14.3 Å². The maximum absolute atomic E-state index is 12.6. The Bertz CT molecular complexity index is 544. The first kappa shape index (κ1) is 23.5. The molecule has 4 unspecified atom stereocenters. The van der Waals surface area contributed by atoms with Gasteiger partial charge in [0.2, 0.25) is 5.91 Å². The van der Waals surface area contributed by atoms with Gasteiger partial charge in [-0.2, -0.15) is 0 Å². The lowest BCUT2D eigenvalue weighted by molar-refractivity contribution is -0.160. The van der Waals surface area contributed by atoms with Crippen LogP contribution in [0.1, 0.15) is 73.6 Å². The smallest absolute Gasteiger partial charge is 0.308 e. The van der Waals surface area contributed by atoms with Crippen LogP contribution in [-0.2, 0) is 14.3 Å². The van der Waals surface area contributed by atoms with E-state index in [0.29, 0.717) is 5.92 Å². The first-order valence-corrected chi connectivity index (χ1v) is 10.3. The molecule has 0 fully saturated rings. The number of hydrogen-bond acceptors (Lipinski definition) is 3. The molecule has 0 spiro atoms. The summed E-state index contributed by atoms with van der Waals surface area (Å²) in [5, 5.41) is 0. The van der Waals surface area contributed by atoms with Crippen molar-refractivity contribution in [2.75, 3.05) is 7.05 Å². The highest BCUT2D eigenvalue weighted by molar-refractivity contribution is 5.79.